The summed E-state index contributed by atoms with van der Waals surface area (Å²) in [7, 11) is 2.00. The average Bonchev–Trinajstić information content (AvgIpc) is 2.24. The molecule has 92 valence electrons. The Morgan fingerprint density at radius 1 is 1.31 bits per heavy atom. The molecule has 3 saturated heterocycles. The second-order valence-electron chi connectivity index (χ2n) is 4.62. The van der Waals surface area contributed by atoms with Crippen molar-refractivity contribution < 1.29 is 18.0 Å². The van der Waals surface area contributed by atoms with Gasteiger partial charge in [-0.25, -0.2) is 0 Å². The number of halogens is 3. The van der Waals surface area contributed by atoms with E-state index in [4.69, 9.17) is 0 Å². The summed E-state index contributed by atoms with van der Waals surface area (Å²) in [5, 5.41) is 0. The number of piperidine rings is 1. The zero-order chi connectivity index (χ0) is 11.9. The van der Waals surface area contributed by atoms with Crippen molar-refractivity contribution in [3.63, 3.8) is 0 Å². The minimum atomic E-state index is -4.23. The summed E-state index contributed by atoms with van der Waals surface area (Å²) in [5.74, 6) is -0.361. The highest BCUT2D eigenvalue weighted by atomic mass is 19.4. The third-order valence-electron chi connectivity index (χ3n) is 3.53. The average molecular weight is 236 g/mol. The first-order valence-electron chi connectivity index (χ1n) is 5.43. The second kappa shape index (κ2) is 3.91. The van der Waals surface area contributed by atoms with Gasteiger partial charge in [0.2, 0.25) is 5.91 Å². The number of carbonyl (C=O) groups is 1. The molecular formula is C10H15F3N2O. The molecule has 3 heterocycles. The van der Waals surface area contributed by atoms with Crippen LogP contribution in [0.5, 0.6) is 0 Å². The summed E-state index contributed by atoms with van der Waals surface area (Å²) in [6.07, 6.45) is -4.58. The van der Waals surface area contributed by atoms with Crippen LogP contribution < -0.4 is 0 Å². The Morgan fingerprint density at radius 2 is 1.88 bits per heavy atom. The normalized spacial score (nSPS) is 30.1. The molecule has 0 aliphatic carbocycles. The zero-order valence-corrected chi connectivity index (χ0v) is 9.13. The second-order valence-corrected chi connectivity index (χ2v) is 4.62. The van der Waals surface area contributed by atoms with E-state index < -0.39 is 19.0 Å². The van der Waals surface area contributed by atoms with Gasteiger partial charge in [0.05, 0.1) is 6.42 Å². The van der Waals surface area contributed by atoms with E-state index in [9.17, 15) is 18.0 Å². The standard InChI is InChI=1S/C10H15F3N2O/c1-14-7-4-8(14)6-15(5-7)9(16)2-3-10(11,12)13/h7-8H,2-6H2,1H3. The Balaban J connectivity index is 1.79. The van der Waals surface area contributed by atoms with Gasteiger partial charge in [-0.3, -0.25) is 9.69 Å². The van der Waals surface area contributed by atoms with Gasteiger partial charge in [-0.2, -0.15) is 13.2 Å². The number of alkyl halides is 3. The van der Waals surface area contributed by atoms with Crippen LogP contribution in [0.15, 0.2) is 0 Å². The SMILES string of the molecule is CN1C2CC1CN(C(=O)CCC(F)(F)F)C2. The van der Waals surface area contributed by atoms with Gasteiger partial charge in [0, 0.05) is 31.6 Å². The summed E-state index contributed by atoms with van der Waals surface area (Å²) >= 11 is 0. The minimum absolute atomic E-state index is 0.355. The van der Waals surface area contributed by atoms with Gasteiger partial charge in [-0.1, -0.05) is 0 Å². The minimum Gasteiger partial charge on any atom is -0.340 e. The van der Waals surface area contributed by atoms with Gasteiger partial charge in [0.1, 0.15) is 0 Å². The number of piperazine rings is 1. The Kier molecular flexibility index (Phi) is 2.86. The van der Waals surface area contributed by atoms with E-state index in [0.717, 1.165) is 6.42 Å². The molecule has 2 unspecified atom stereocenters. The molecule has 0 radical (unpaired) electrons. The van der Waals surface area contributed by atoms with Crippen molar-refractivity contribution in [3.8, 4) is 0 Å². The van der Waals surface area contributed by atoms with E-state index in [0.29, 0.717) is 25.2 Å². The third-order valence-corrected chi connectivity index (χ3v) is 3.53. The molecule has 3 aliphatic rings. The monoisotopic (exact) mass is 236 g/mol. The molecule has 1 amide bonds. The molecule has 0 aromatic carbocycles. The Labute approximate surface area is 92.2 Å². The predicted octanol–water partition coefficient (Wildman–Crippen LogP) is 1.24. The number of rotatable bonds is 2. The third kappa shape index (κ3) is 2.31. The fraction of sp³-hybridized carbons (Fsp3) is 0.900. The number of carbonyl (C=O) groups excluding carboxylic acids is 1. The molecule has 3 rings (SSSR count). The summed E-state index contributed by atoms with van der Waals surface area (Å²) in [6, 6.07) is 0.710. The first-order valence-corrected chi connectivity index (χ1v) is 5.43. The number of fused-ring (bicyclic) bond motifs is 2. The van der Waals surface area contributed by atoms with E-state index in [1.807, 2.05) is 7.05 Å². The lowest BCUT2D eigenvalue weighted by Gasteiger charge is -2.54. The lowest BCUT2D eigenvalue weighted by Crippen LogP contribution is -2.67. The van der Waals surface area contributed by atoms with E-state index in [2.05, 4.69) is 4.90 Å². The van der Waals surface area contributed by atoms with Crippen LogP contribution in [-0.4, -0.2) is 54.1 Å². The van der Waals surface area contributed by atoms with Crippen LogP contribution in [0, 0.1) is 0 Å². The van der Waals surface area contributed by atoms with Crippen LogP contribution in [-0.2, 0) is 4.79 Å². The highest BCUT2D eigenvalue weighted by Gasteiger charge is 2.43. The molecule has 16 heavy (non-hydrogen) atoms. The molecule has 6 heteroatoms. The van der Waals surface area contributed by atoms with Crippen LogP contribution in [0.3, 0.4) is 0 Å². The predicted molar refractivity (Wildman–Crippen MR) is 51.8 cm³/mol. The van der Waals surface area contributed by atoms with Gasteiger partial charge in [-0.05, 0) is 13.5 Å². The van der Waals surface area contributed by atoms with Gasteiger partial charge >= 0.3 is 6.18 Å². The van der Waals surface area contributed by atoms with Crippen LogP contribution >= 0.6 is 0 Å². The van der Waals surface area contributed by atoms with Gasteiger partial charge < -0.3 is 4.90 Å². The number of likely N-dealkylation sites (N-methyl/N-ethyl adjacent to an activating group) is 1. The largest absolute Gasteiger partial charge is 0.389 e. The highest BCUT2D eigenvalue weighted by molar-refractivity contribution is 5.76. The first kappa shape index (κ1) is 11.7. The van der Waals surface area contributed by atoms with E-state index in [1.54, 1.807) is 4.90 Å². The quantitative estimate of drug-likeness (QED) is 0.720. The van der Waals surface area contributed by atoms with Crippen molar-refractivity contribution in [2.75, 3.05) is 20.1 Å². The number of hydrogen-bond acceptors (Lipinski definition) is 2. The molecule has 3 aliphatic heterocycles. The maximum Gasteiger partial charge on any atom is 0.389 e. The smallest absolute Gasteiger partial charge is 0.340 e. The van der Waals surface area contributed by atoms with Gasteiger partial charge in [0.25, 0.3) is 0 Å². The lowest BCUT2D eigenvalue weighted by molar-refractivity contribution is -0.155. The topological polar surface area (TPSA) is 23.6 Å². The summed E-state index contributed by atoms with van der Waals surface area (Å²) in [4.78, 5) is 15.3. The van der Waals surface area contributed by atoms with Crippen LogP contribution in [0.2, 0.25) is 0 Å². The number of hydrogen-bond donors (Lipinski definition) is 0. The molecule has 2 bridgehead atoms. The fourth-order valence-corrected chi connectivity index (χ4v) is 2.41. The lowest BCUT2D eigenvalue weighted by atomic mass is 9.88. The molecule has 3 fully saturated rings. The summed E-state index contributed by atoms with van der Waals surface area (Å²) in [6.45, 7) is 1.17. The Hall–Kier alpha value is -0.780. The van der Waals surface area contributed by atoms with Crippen molar-refractivity contribution >= 4 is 5.91 Å². The molecular weight excluding hydrogens is 221 g/mol. The maximum atomic E-state index is 12.0. The molecule has 0 aromatic heterocycles. The van der Waals surface area contributed by atoms with Gasteiger partial charge in [0.15, 0.2) is 0 Å². The molecule has 0 spiro atoms. The number of nitrogens with zero attached hydrogens (tertiary/aromatic N) is 2. The molecule has 0 N–H and O–H groups in total. The summed E-state index contributed by atoms with van der Waals surface area (Å²) in [5.41, 5.74) is 0. The molecule has 0 saturated carbocycles. The van der Waals surface area contributed by atoms with Crippen LogP contribution in [0.4, 0.5) is 13.2 Å². The molecule has 0 aromatic rings. The van der Waals surface area contributed by atoms with Crippen molar-refractivity contribution in [1.82, 2.24) is 9.80 Å². The molecule has 3 nitrogen and oxygen atoms in total. The Morgan fingerprint density at radius 3 is 2.31 bits per heavy atom. The van der Waals surface area contributed by atoms with E-state index >= 15 is 0 Å². The van der Waals surface area contributed by atoms with Crippen molar-refractivity contribution in [2.45, 2.75) is 37.5 Å². The van der Waals surface area contributed by atoms with Crippen molar-refractivity contribution in [3.05, 3.63) is 0 Å². The Bertz CT molecular complexity index is 280. The van der Waals surface area contributed by atoms with E-state index in [1.165, 1.54) is 0 Å². The first-order chi connectivity index (χ1) is 7.37. The highest BCUT2D eigenvalue weighted by Crippen LogP contribution is 2.31. The van der Waals surface area contributed by atoms with Crippen LogP contribution in [0.1, 0.15) is 19.3 Å². The van der Waals surface area contributed by atoms with Crippen molar-refractivity contribution in [2.24, 2.45) is 0 Å². The van der Waals surface area contributed by atoms with E-state index in [-0.39, 0.29) is 5.91 Å². The fourth-order valence-electron chi connectivity index (χ4n) is 2.41. The van der Waals surface area contributed by atoms with Gasteiger partial charge in [-0.15, -0.1) is 0 Å². The van der Waals surface area contributed by atoms with Crippen LogP contribution in [0.25, 0.3) is 0 Å². The summed E-state index contributed by atoms with van der Waals surface area (Å²) < 4.78 is 35.9. The maximum absolute atomic E-state index is 12.0. The van der Waals surface area contributed by atoms with Crippen molar-refractivity contribution in [1.29, 1.82) is 0 Å². The number of amides is 1. The zero-order valence-electron chi connectivity index (χ0n) is 9.13. The molecule has 2 atom stereocenters.